The molecule has 5 nitrogen and oxygen atoms in total. The third-order valence-corrected chi connectivity index (χ3v) is 2.55. The maximum Gasteiger partial charge on any atom is 0.373 e. The van der Waals surface area contributed by atoms with Gasteiger partial charge in [-0.1, -0.05) is 0 Å². The molecule has 17 heavy (non-hydrogen) atoms. The van der Waals surface area contributed by atoms with Crippen LogP contribution in [0.15, 0.2) is 16.5 Å². The van der Waals surface area contributed by atoms with Gasteiger partial charge in [-0.15, -0.1) is 0 Å². The molecule has 1 aromatic heterocycles. The summed E-state index contributed by atoms with van der Waals surface area (Å²) in [5.74, 6) is 0.457. The van der Waals surface area contributed by atoms with Crippen LogP contribution in [0.4, 0.5) is 0 Å². The molecule has 0 aliphatic carbocycles. The van der Waals surface area contributed by atoms with Gasteiger partial charge in [0.05, 0.1) is 19.3 Å². The number of nitrogens with one attached hydrogen (secondary N) is 1. The molecule has 1 N–H and O–H groups in total. The van der Waals surface area contributed by atoms with E-state index in [0.29, 0.717) is 12.3 Å². The van der Waals surface area contributed by atoms with E-state index in [4.69, 9.17) is 9.15 Å². The number of methoxy groups -OCH3 is 2. The Bertz CT molecular complexity index is 361. The Hall–Kier alpha value is -1.33. The van der Waals surface area contributed by atoms with Crippen molar-refractivity contribution in [1.29, 1.82) is 0 Å². The lowest BCUT2D eigenvalue weighted by Crippen LogP contribution is -2.28. The van der Waals surface area contributed by atoms with Gasteiger partial charge in [-0.05, 0) is 26.0 Å². The van der Waals surface area contributed by atoms with Crippen LogP contribution in [0.3, 0.4) is 0 Å². The van der Waals surface area contributed by atoms with Crippen LogP contribution in [0.5, 0.6) is 0 Å². The molecule has 1 rings (SSSR count). The summed E-state index contributed by atoms with van der Waals surface area (Å²) in [6.07, 6.45) is 0.132. The van der Waals surface area contributed by atoms with Crippen molar-refractivity contribution >= 4 is 5.97 Å². The Morgan fingerprint density at radius 3 is 2.71 bits per heavy atom. The van der Waals surface area contributed by atoms with Crippen LogP contribution in [0.2, 0.25) is 0 Å². The molecule has 0 aromatic carbocycles. The lowest BCUT2D eigenvalue weighted by molar-refractivity contribution is 0.0561. The Kier molecular flexibility index (Phi) is 5.18. The summed E-state index contributed by atoms with van der Waals surface area (Å²) in [6, 6.07) is 3.39. The van der Waals surface area contributed by atoms with Crippen LogP contribution in [-0.2, 0) is 9.47 Å². The van der Waals surface area contributed by atoms with Crippen LogP contribution in [0.25, 0.3) is 0 Å². The van der Waals surface area contributed by atoms with E-state index in [2.05, 4.69) is 10.1 Å². The van der Waals surface area contributed by atoms with Gasteiger partial charge in [0.25, 0.3) is 0 Å². The van der Waals surface area contributed by atoms with E-state index in [-0.39, 0.29) is 17.9 Å². The van der Waals surface area contributed by atoms with E-state index in [1.54, 1.807) is 19.2 Å². The van der Waals surface area contributed by atoms with Crippen molar-refractivity contribution < 1.29 is 18.7 Å². The van der Waals surface area contributed by atoms with E-state index in [1.165, 1.54) is 7.11 Å². The first kappa shape index (κ1) is 13.7. The average molecular weight is 241 g/mol. The molecule has 0 radical (unpaired) electrons. The molecule has 2 unspecified atom stereocenters. The molecule has 0 aliphatic heterocycles. The smallest absolute Gasteiger partial charge is 0.373 e. The highest BCUT2D eigenvalue weighted by molar-refractivity contribution is 5.86. The summed E-state index contributed by atoms with van der Waals surface area (Å²) in [7, 11) is 2.99. The minimum absolute atomic E-state index is 0.0195. The molecule has 0 aliphatic rings. The van der Waals surface area contributed by atoms with Crippen molar-refractivity contribution in [3.8, 4) is 0 Å². The van der Waals surface area contributed by atoms with Gasteiger partial charge >= 0.3 is 5.97 Å². The van der Waals surface area contributed by atoms with E-state index in [1.807, 2.05) is 13.8 Å². The van der Waals surface area contributed by atoms with Crippen LogP contribution < -0.4 is 5.32 Å². The summed E-state index contributed by atoms with van der Waals surface area (Å²) >= 11 is 0. The van der Waals surface area contributed by atoms with Crippen LogP contribution >= 0.6 is 0 Å². The van der Waals surface area contributed by atoms with Gasteiger partial charge in [0.2, 0.25) is 5.76 Å². The molecule has 0 bridgehead atoms. The van der Waals surface area contributed by atoms with Gasteiger partial charge in [-0.25, -0.2) is 4.79 Å². The van der Waals surface area contributed by atoms with E-state index in [9.17, 15) is 4.79 Å². The number of hydrogen-bond donors (Lipinski definition) is 1. The van der Waals surface area contributed by atoms with Gasteiger partial charge in [0.1, 0.15) is 5.76 Å². The zero-order valence-electron chi connectivity index (χ0n) is 10.6. The van der Waals surface area contributed by atoms with Gasteiger partial charge in [-0.2, -0.15) is 0 Å². The maximum atomic E-state index is 11.2. The first-order valence-corrected chi connectivity index (χ1v) is 5.52. The Morgan fingerprint density at radius 1 is 1.41 bits per heavy atom. The Balaban J connectivity index is 2.54. The first-order valence-electron chi connectivity index (χ1n) is 5.52. The SMILES string of the molecule is COC(=O)c1ccc(C(C)NCC(C)OC)o1. The highest BCUT2D eigenvalue weighted by Crippen LogP contribution is 2.16. The number of carbonyl (C=O) groups is 1. The van der Waals surface area contributed by atoms with Gasteiger partial charge in [0.15, 0.2) is 0 Å². The van der Waals surface area contributed by atoms with Gasteiger partial charge < -0.3 is 19.2 Å². The predicted octanol–water partition coefficient (Wildman–Crippen LogP) is 1.75. The topological polar surface area (TPSA) is 60.7 Å². The lowest BCUT2D eigenvalue weighted by atomic mass is 10.2. The lowest BCUT2D eigenvalue weighted by Gasteiger charge is -2.14. The van der Waals surface area contributed by atoms with Gasteiger partial charge in [0, 0.05) is 13.7 Å². The monoisotopic (exact) mass is 241 g/mol. The molecular weight excluding hydrogens is 222 g/mol. The number of hydrogen-bond acceptors (Lipinski definition) is 5. The molecular formula is C12H19NO4. The number of rotatable bonds is 6. The van der Waals surface area contributed by atoms with Crippen molar-refractivity contribution in [2.24, 2.45) is 0 Å². The molecule has 0 spiro atoms. The molecule has 2 atom stereocenters. The normalized spacial score (nSPS) is 14.4. The standard InChI is InChI=1S/C12H19NO4/c1-8(15-3)7-13-9(2)10-5-6-11(17-10)12(14)16-4/h5-6,8-9,13H,7H2,1-4H3. The van der Waals surface area contributed by atoms with Crippen molar-refractivity contribution in [2.75, 3.05) is 20.8 Å². The van der Waals surface area contributed by atoms with Gasteiger partial charge in [-0.3, -0.25) is 0 Å². The molecule has 5 heteroatoms. The summed E-state index contributed by atoms with van der Waals surface area (Å²) in [5, 5.41) is 3.25. The summed E-state index contributed by atoms with van der Waals surface area (Å²) in [6.45, 7) is 4.65. The summed E-state index contributed by atoms with van der Waals surface area (Å²) in [4.78, 5) is 11.2. The zero-order valence-corrected chi connectivity index (χ0v) is 10.6. The highest BCUT2D eigenvalue weighted by Gasteiger charge is 2.15. The molecule has 0 saturated heterocycles. The fraction of sp³-hybridized carbons (Fsp3) is 0.583. The number of esters is 1. The van der Waals surface area contributed by atoms with Crippen LogP contribution in [0, 0.1) is 0 Å². The molecule has 0 amide bonds. The van der Waals surface area contributed by atoms with Crippen molar-refractivity contribution in [3.63, 3.8) is 0 Å². The fourth-order valence-electron chi connectivity index (χ4n) is 1.32. The molecule has 0 fully saturated rings. The number of carbonyl (C=O) groups excluding carboxylic acids is 1. The second kappa shape index (κ2) is 6.42. The van der Waals surface area contributed by atoms with Crippen LogP contribution in [-0.4, -0.2) is 32.8 Å². The molecule has 1 heterocycles. The largest absolute Gasteiger partial charge is 0.463 e. The van der Waals surface area contributed by atoms with E-state index >= 15 is 0 Å². The second-order valence-corrected chi connectivity index (χ2v) is 3.87. The van der Waals surface area contributed by atoms with Crippen LogP contribution in [0.1, 0.15) is 36.2 Å². The van der Waals surface area contributed by atoms with Crippen molar-refractivity contribution in [2.45, 2.75) is 26.0 Å². The minimum Gasteiger partial charge on any atom is -0.463 e. The Morgan fingerprint density at radius 2 is 2.12 bits per heavy atom. The van der Waals surface area contributed by atoms with E-state index < -0.39 is 5.97 Å². The molecule has 96 valence electrons. The second-order valence-electron chi connectivity index (χ2n) is 3.87. The summed E-state index contributed by atoms with van der Waals surface area (Å²) in [5.41, 5.74) is 0. The van der Waals surface area contributed by atoms with E-state index in [0.717, 1.165) is 0 Å². The quantitative estimate of drug-likeness (QED) is 0.769. The molecule has 1 aromatic rings. The number of furan rings is 1. The zero-order chi connectivity index (χ0) is 12.8. The maximum absolute atomic E-state index is 11.2. The Labute approximate surface area is 101 Å². The molecule has 0 saturated carbocycles. The fourth-order valence-corrected chi connectivity index (χ4v) is 1.32. The van der Waals surface area contributed by atoms with Crippen molar-refractivity contribution in [3.05, 3.63) is 23.7 Å². The third-order valence-electron chi connectivity index (χ3n) is 2.55. The van der Waals surface area contributed by atoms with Crippen molar-refractivity contribution in [1.82, 2.24) is 5.32 Å². The average Bonchev–Trinajstić information content (AvgIpc) is 2.83. The summed E-state index contributed by atoms with van der Waals surface area (Å²) < 4.78 is 15.1. The predicted molar refractivity (Wildman–Crippen MR) is 62.9 cm³/mol. The third kappa shape index (κ3) is 3.87. The first-order chi connectivity index (χ1) is 8.08. The highest BCUT2D eigenvalue weighted by atomic mass is 16.5. The number of ether oxygens (including phenoxy) is 2. The minimum atomic E-state index is -0.464.